The Kier molecular flexibility index (Phi) is 4.79. The van der Waals surface area contributed by atoms with Crippen molar-refractivity contribution < 1.29 is 14.4 Å². The summed E-state index contributed by atoms with van der Waals surface area (Å²) in [5, 5.41) is 2.45. The van der Waals surface area contributed by atoms with Gasteiger partial charge in [-0.2, -0.15) is 0 Å². The molecule has 1 spiro atoms. The molecule has 0 unspecified atom stereocenters. The molecule has 0 aromatic carbocycles. The van der Waals surface area contributed by atoms with Crippen LogP contribution >= 0.6 is 0 Å². The number of urea groups is 1. The van der Waals surface area contributed by atoms with Gasteiger partial charge in [0.2, 0.25) is 11.8 Å². The molecule has 2 aromatic rings. The number of imide groups is 2. The summed E-state index contributed by atoms with van der Waals surface area (Å²) >= 11 is 0. The molecule has 32 heavy (non-hydrogen) atoms. The van der Waals surface area contributed by atoms with Crippen molar-refractivity contribution in [2.45, 2.75) is 64.5 Å². The number of carbonyl (C=O) groups is 3. The van der Waals surface area contributed by atoms with E-state index in [-0.39, 0.29) is 18.0 Å². The molecule has 1 aliphatic carbocycles. The topological polar surface area (TPSA) is 104 Å². The van der Waals surface area contributed by atoms with Crippen molar-refractivity contribution in [1.29, 1.82) is 0 Å². The molecule has 168 valence electrons. The zero-order chi connectivity index (χ0) is 22.6. The molecule has 1 N–H and O–H groups in total. The van der Waals surface area contributed by atoms with Gasteiger partial charge in [0.15, 0.2) is 5.41 Å². The predicted octanol–water partition coefficient (Wildman–Crippen LogP) is 1.86. The first-order valence-electron chi connectivity index (χ1n) is 11.4. The van der Waals surface area contributed by atoms with E-state index in [1.165, 1.54) is 9.30 Å². The molecule has 1 saturated heterocycles. The number of pyridine rings is 1. The van der Waals surface area contributed by atoms with Gasteiger partial charge in [-0.25, -0.2) is 9.78 Å². The Morgan fingerprint density at radius 3 is 2.59 bits per heavy atom. The van der Waals surface area contributed by atoms with E-state index in [1.54, 1.807) is 18.3 Å². The predicted molar refractivity (Wildman–Crippen MR) is 117 cm³/mol. The number of amides is 4. The third kappa shape index (κ3) is 2.73. The quantitative estimate of drug-likeness (QED) is 0.720. The molecule has 1 saturated carbocycles. The van der Waals surface area contributed by atoms with Gasteiger partial charge in [-0.05, 0) is 38.8 Å². The van der Waals surface area contributed by atoms with Crippen LogP contribution in [0.3, 0.4) is 0 Å². The summed E-state index contributed by atoms with van der Waals surface area (Å²) < 4.78 is 1.44. The Morgan fingerprint density at radius 2 is 1.88 bits per heavy atom. The zero-order valence-corrected chi connectivity index (χ0v) is 18.3. The maximum atomic E-state index is 14.0. The fraction of sp³-hybridized carbons (Fsp3) is 0.522. The third-order valence-electron chi connectivity index (χ3n) is 7.44. The van der Waals surface area contributed by atoms with Crippen molar-refractivity contribution in [3.63, 3.8) is 0 Å². The third-order valence-corrected chi connectivity index (χ3v) is 7.44. The van der Waals surface area contributed by atoms with Crippen LogP contribution in [0.15, 0.2) is 29.2 Å². The largest absolute Gasteiger partial charge is 0.352 e. The van der Waals surface area contributed by atoms with Crippen molar-refractivity contribution in [2.24, 2.45) is 5.41 Å². The number of carbonyl (C=O) groups excluding carboxylic acids is 3. The molecular formula is C23H27N5O4. The second-order valence-corrected chi connectivity index (χ2v) is 8.98. The van der Waals surface area contributed by atoms with Crippen LogP contribution in [-0.2, 0) is 16.0 Å². The van der Waals surface area contributed by atoms with Gasteiger partial charge >= 0.3 is 6.03 Å². The Bertz CT molecular complexity index is 1180. The lowest BCUT2D eigenvalue weighted by Crippen LogP contribution is -2.73. The summed E-state index contributed by atoms with van der Waals surface area (Å²) in [6, 6.07) is 3.87. The molecule has 2 fully saturated rings. The summed E-state index contributed by atoms with van der Waals surface area (Å²) in [7, 11) is 0. The SMILES string of the molecule is CCN1c2nc3ccccn3c(=O)c2C[C@@]2(C(=O)NC(=O)N(C3CCCCC3)C2=O)[C@H]1C. The lowest BCUT2D eigenvalue weighted by Gasteiger charge is -2.51. The highest BCUT2D eigenvalue weighted by Gasteiger charge is 2.62. The average molecular weight is 438 g/mol. The number of fused-ring (bicyclic) bond motifs is 2. The number of hydrogen-bond donors (Lipinski definition) is 1. The van der Waals surface area contributed by atoms with Gasteiger partial charge in [-0.1, -0.05) is 25.3 Å². The highest BCUT2D eigenvalue weighted by atomic mass is 16.2. The van der Waals surface area contributed by atoms with Crippen LogP contribution in [0.2, 0.25) is 0 Å². The molecular weight excluding hydrogens is 410 g/mol. The van der Waals surface area contributed by atoms with Crippen LogP contribution in [0.1, 0.15) is 51.5 Å². The number of rotatable bonds is 2. The summed E-state index contributed by atoms with van der Waals surface area (Å²) in [6.45, 7) is 4.18. The summed E-state index contributed by atoms with van der Waals surface area (Å²) in [5.41, 5.74) is -1.01. The van der Waals surface area contributed by atoms with E-state index >= 15 is 0 Å². The van der Waals surface area contributed by atoms with Crippen LogP contribution < -0.4 is 15.8 Å². The number of anilines is 1. The minimum atomic E-state index is -1.56. The Balaban J connectivity index is 1.68. The van der Waals surface area contributed by atoms with Crippen LogP contribution in [0, 0.1) is 5.41 Å². The molecule has 3 aliphatic rings. The average Bonchev–Trinajstić information content (AvgIpc) is 2.79. The van der Waals surface area contributed by atoms with Crippen LogP contribution in [-0.4, -0.2) is 50.8 Å². The number of aromatic nitrogens is 2. The minimum Gasteiger partial charge on any atom is -0.352 e. The monoisotopic (exact) mass is 437 g/mol. The molecule has 9 nitrogen and oxygen atoms in total. The second kappa shape index (κ2) is 7.43. The maximum Gasteiger partial charge on any atom is 0.331 e. The van der Waals surface area contributed by atoms with Crippen molar-refractivity contribution in [3.05, 3.63) is 40.3 Å². The molecule has 2 atom stereocenters. The molecule has 4 amide bonds. The van der Waals surface area contributed by atoms with E-state index in [0.717, 1.165) is 32.1 Å². The van der Waals surface area contributed by atoms with E-state index in [0.29, 0.717) is 23.6 Å². The Labute approximate surface area is 185 Å². The van der Waals surface area contributed by atoms with Gasteiger partial charge in [0.05, 0.1) is 11.6 Å². The van der Waals surface area contributed by atoms with Gasteiger partial charge in [0.25, 0.3) is 5.56 Å². The summed E-state index contributed by atoms with van der Waals surface area (Å²) in [5.74, 6) is -0.621. The van der Waals surface area contributed by atoms with E-state index in [4.69, 9.17) is 4.98 Å². The highest BCUT2D eigenvalue weighted by Crippen LogP contribution is 2.43. The first-order valence-corrected chi connectivity index (χ1v) is 11.4. The molecule has 4 heterocycles. The zero-order valence-electron chi connectivity index (χ0n) is 18.3. The minimum absolute atomic E-state index is 0.0785. The standard InChI is InChI=1S/C23H27N5O4/c1-3-26-14(2)23(13-16-18(26)24-17-11-7-8-12-27(17)19(16)29)20(30)25-22(32)28(21(23)31)15-9-5-4-6-10-15/h7-8,11-12,14-15H,3-6,9-10,13H2,1-2H3,(H,25,30,32)/t14-,23+/m1/s1. The van der Waals surface area contributed by atoms with Crippen molar-refractivity contribution in [1.82, 2.24) is 19.6 Å². The van der Waals surface area contributed by atoms with Crippen LogP contribution in [0.5, 0.6) is 0 Å². The molecule has 0 radical (unpaired) electrons. The van der Waals surface area contributed by atoms with Crippen molar-refractivity contribution >= 4 is 29.3 Å². The second-order valence-electron chi connectivity index (χ2n) is 8.98. The van der Waals surface area contributed by atoms with Gasteiger partial charge in [0.1, 0.15) is 11.5 Å². The smallest absolute Gasteiger partial charge is 0.331 e. The van der Waals surface area contributed by atoms with E-state index in [2.05, 4.69) is 5.32 Å². The molecule has 0 bridgehead atoms. The number of barbiturate groups is 1. The fourth-order valence-electron chi connectivity index (χ4n) is 5.67. The van der Waals surface area contributed by atoms with Crippen molar-refractivity contribution in [2.75, 3.05) is 11.4 Å². The molecule has 5 rings (SSSR count). The van der Waals surface area contributed by atoms with Gasteiger partial charge in [-0.15, -0.1) is 0 Å². The number of hydrogen-bond acceptors (Lipinski definition) is 6. The van der Waals surface area contributed by atoms with E-state index in [1.807, 2.05) is 24.8 Å². The van der Waals surface area contributed by atoms with E-state index < -0.39 is 29.3 Å². The van der Waals surface area contributed by atoms with Gasteiger partial charge in [0, 0.05) is 25.2 Å². The van der Waals surface area contributed by atoms with Crippen LogP contribution in [0.4, 0.5) is 10.6 Å². The lowest BCUT2D eigenvalue weighted by molar-refractivity contribution is -0.155. The first kappa shape index (κ1) is 20.7. The lowest BCUT2D eigenvalue weighted by atomic mass is 9.69. The van der Waals surface area contributed by atoms with Crippen LogP contribution in [0.25, 0.3) is 5.65 Å². The normalized spacial score (nSPS) is 26.6. The van der Waals surface area contributed by atoms with Crippen molar-refractivity contribution in [3.8, 4) is 0 Å². The highest BCUT2D eigenvalue weighted by molar-refractivity contribution is 6.20. The first-order chi connectivity index (χ1) is 15.4. The summed E-state index contributed by atoms with van der Waals surface area (Å²) in [4.78, 5) is 61.3. The molecule has 9 heteroatoms. The number of nitrogens with one attached hydrogen (secondary N) is 1. The van der Waals surface area contributed by atoms with E-state index in [9.17, 15) is 19.2 Å². The fourth-order valence-corrected chi connectivity index (χ4v) is 5.67. The molecule has 2 aliphatic heterocycles. The maximum absolute atomic E-state index is 14.0. The summed E-state index contributed by atoms with van der Waals surface area (Å²) in [6.07, 6.45) is 5.99. The molecule has 2 aromatic heterocycles. The Hall–Kier alpha value is -3.23. The number of nitrogens with zero attached hydrogens (tertiary/aromatic N) is 4. The van der Waals surface area contributed by atoms with Gasteiger partial charge in [-0.3, -0.25) is 29.0 Å². The van der Waals surface area contributed by atoms with Gasteiger partial charge < -0.3 is 4.90 Å². The Morgan fingerprint density at radius 1 is 1.12 bits per heavy atom.